The lowest BCUT2D eigenvalue weighted by Crippen LogP contribution is -2.09. The zero-order valence-corrected chi connectivity index (χ0v) is 26.2. The first-order valence-electron chi connectivity index (χ1n) is 15.9. The third kappa shape index (κ3) is 4.25. The zero-order chi connectivity index (χ0) is 30.9. The van der Waals surface area contributed by atoms with Gasteiger partial charge >= 0.3 is 0 Å². The summed E-state index contributed by atoms with van der Waals surface area (Å²) in [5.74, 6) is 0. The van der Waals surface area contributed by atoms with Crippen molar-refractivity contribution in [3.05, 3.63) is 164 Å². The fourth-order valence-electron chi connectivity index (χ4n) is 7.14. The molecule has 2 heterocycles. The molecular formula is C44H27NOS. The summed E-state index contributed by atoms with van der Waals surface area (Å²) in [4.78, 5) is 2.34. The van der Waals surface area contributed by atoms with Gasteiger partial charge in [-0.15, -0.1) is 11.3 Å². The normalized spacial score (nSPS) is 11.8. The number of anilines is 3. The Hall–Kier alpha value is -5.90. The average molecular weight is 618 g/mol. The van der Waals surface area contributed by atoms with Crippen molar-refractivity contribution >= 4 is 92.1 Å². The number of benzene rings is 8. The topological polar surface area (TPSA) is 16.4 Å². The van der Waals surface area contributed by atoms with E-state index >= 15 is 0 Å². The Bertz CT molecular complexity index is 2810. The summed E-state index contributed by atoms with van der Waals surface area (Å²) in [6.07, 6.45) is 0. The summed E-state index contributed by atoms with van der Waals surface area (Å²) in [7, 11) is 0. The highest BCUT2D eigenvalue weighted by atomic mass is 32.1. The van der Waals surface area contributed by atoms with Gasteiger partial charge in [-0.1, -0.05) is 97.1 Å². The molecule has 8 aromatic carbocycles. The first-order chi connectivity index (χ1) is 23.3. The van der Waals surface area contributed by atoms with Gasteiger partial charge in [0.15, 0.2) is 0 Å². The lowest BCUT2D eigenvalue weighted by molar-refractivity contribution is 0.669. The predicted molar refractivity (Wildman–Crippen MR) is 202 cm³/mol. The van der Waals surface area contributed by atoms with Crippen LogP contribution in [0, 0.1) is 0 Å². The van der Waals surface area contributed by atoms with E-state index in [0.717, 1.165) is 39.0 Å². The van der Waals surface area contributed by atoms with Crippen molar-refractivity contribution in [2.24, 2.45) is 0 Å². The molecule has 10 aromatic rings. The predicted octanol–water partition coefficient (Wildman–Crippen LogP) is 13.4. The molecule has 0 fully saturated rings. The monoisotopic (exact) mass is 617 g/mol. The largest absolute Gasteiger partial charge is 0.456 e. The van der Waals surface area contributed by atoms with Crippen LogP contribution in [0.15, 0.2) is 168 Å². The molecule has 0 aliphatic heterocycles. The van der Waals surface area contributed by atoms with Crippen LogP contribution in [0.25, 0.3) is 74.8 Å². The van der Waals surface area contributed by atoms with Crippen LogP contribution in [0.2, 0.25) is 0 Å². The average Bonchev–Trinajstić information content (AvgIpc) is 3.69. The van der Waals surface area contributed by atoms with Gasteiger partial charge in [-0.2, -0.15) is 0 Å². The second-order valence-corrected chi connectivity index (χ2v) is 13.2. The molecule has 2 aromatic heterocycles. The summed E-state index contributed by atoms with van der Waals surface area (Å²) < 4.78 is 9.00. The molecule has 3 heteroatoms. The Labute approximate surface area is 275 Å². The molecule has 47 heavy (non-hydrogen) atoms. The van der Waals surface area contributed by atoms with Crippen LogP contribution in [0.3, 0.4) is 0 Å². The number of nitrogens with zero attached hydrogens (tertiary/aromatic N) is 1. The SMILES string of the molecule is c1ccc2c(c1)ccc1ccc(N(c3ccc(-c4ccc5sc6ccccc6c5c4)cc3)c3ccc4c(c3)oc3ccccc34)cc12. The molecule has 0 atom stereocenters. The molecule has 10 rings (SSSR count). The Morgan fingerprint density at radius 2 is 0.979 bits per heavy atom. The molecule has 220 valence electrons. The van der Waals surface area contributed by atoms with Gasteiger partial charge < -0.3 is 9.32 Å². The fraction of sp³-hybridized carbons (Fsp3) is 0. The minimum atomic E-state index is 0.882. The second kappa shape index (κ2) is 10.3. The van der Waals surface area contributed by atoms with Crippen molar-refractivity contribution in [2.45, 2.75) is 0 Å². The minimum Gasteiger partial charge on any atom is -0.456 e. The summed E-state index contributed by atoms with van der Waals surface area (Å²) in [5, 5.41) is 9.87. The van der Waals surface area contributed by atoms with Gasteiger partial charge in [0, 0.05) is 54.1 Å². The molecule has 0 saturated carbocycles. The molecule has 0 spiro atoms. The first-order valence-corrected chi connectivity index (χ1v) is 16.7. The third-order valence-electron chi connectivity index (χ3n) is 9.44. The number of furan rings is 1. The van der Waals surface area contributed by atoms with Crippen molar-refractivity contribution < 1.29 is 4.42 Å². The summed E-state index contributed by atoms with van der Waals surface area (Å²) in [6, 6.07) is 59.2. The van der Waals surface area contributed by atoms with Crippen molar-refractivity contribution in [3.63, 3.8) is 0 Å². The summed E-state index contributed by atoms with van der Waals surface area (Å²) in [6.45, 7) is 0. The van der Waals surface area contributed by atoms with Crippen LogP contribution < -0.4 is 4.90 Å². The first kappa shape index (κ1) is 26.3. The molecule has 2 nitrogen and oxygen atoms in total. The van der Waals surface area contributed by atoms with Crippen LogP contribution in [-0.2, 0) is 0 Å². The number of thiophene rings is 1. The van der Waals surface area contributed by atoms with Crippen LogP contribution in [0.1, 0.15) is 0 Å². The van der Waals surface area contributed by atoms with Gasteiger partial charge in [0.25, 0.3) is 0 Å². The lowest BCUT2D eigenvalue weighted by atomic mass is 10.0. The molecule has 0 amide bonds. The van der Waals surface area contributed by atoms with Gasteiger partial charge in [0.2, 0.25) is 0 Å². The van der Waals surface area contributed by atoms with Crippen LogP contribution >= 0.6 is 11.3 Å². The van der Waals surface area contributed by atoms with Crippen molar-refractivity contribution in [3.8, 4) is 11.1 Å². The fourth-order valence-corrected chi connectivity index (χ4v) is 8.23. The molecule has 0 aliphatic carbocycles. The molecular weight excluding hydrogens is 591 g/mol. The molecule has 0 saturated heterocycles. The van der Waals surface area contributed by atoms with Crippen molar-refractivity contribution in [1.29, 1.82) is 0 Å². The number of hydrogen-bond donors (Lipinski definition) is 0. The van der Waals surface area contributed by atoms with Crippen LogP contribution in [-0.4, -0.2) is 0 Å². The van der Waals surface area contributed by atoms with E-state index in [1.807, 2.05) is 23.5 Å². The van der Waals surface area contributed by atoms with Crippen molar-refractivity contribution in [1.82, 2.24) is 0 Å². The smallest absolute Gasteiger partial charge is 0.137 e. The quantitative estimate of drug-likeness (QED) is 0.183. The van der Waals surface area contributed by atoms with Gasteiger partial charge in [-0.05, 0) is 93.3 Å². The third-order valence-corrected chi connectivity index (χ3v) is 10.6. The van der Waals surface area contributed by atoms with E-state index < -0.39 is 0 Å². The van der Waals surface area contributed by atoms with E-state index in [2.05, 4.69) is 157 Å². The van der Waals surface area contributed by atoms with E-state index in [1.165, 1.54) is 52.8 Å². The summed E-state index contributed by atoms with van der Waals surface area (Å²) >= 11 is 1.86. The number of para-hydroxylation sites is 1. The maximum Gasteiger partial charge on any atom is 0.137 e. The van der Waals surface area contributed by atoms with Crippen LogP contribution in [0.4, 0.5) is 17.1 Å². The van der Waals surface area contributed by atoms with Gasteiger partial charge in [-0.3, -0.25) is 0 Å². The van der Waals surface area contributed by atoms with E-state index in [9.17, 15) is 0 Å². The minimum absolute atomic E-state index is 0.882. The van der Waals surface area contributed by atoms with E-state index in [1.54, 1.807) is 0 Å². The number of rotatable bonds is 4. The Morgan fingerprint density at radius 1 is 0.362 bits per heavy atom. The van der Waals surface area contributed by atoms with Crippen LogP contribution in [0.5, 0.6) is 0 Å². The molecule has 0 aliphatic rings. The number of hydrogen-bond acceptors (Lipinski definition) is 3. The maximum atomic E-state index is 6.35. The van der Waals surface area contributed by atoms with E-state index in [0.29, 0.717) is 0 Å². The Morgan fingerprint density at radius 3 is 1.87 bits per heavy atom. The van der Waals surface area contributed by atoms with Gasteiger partial charge in [0.1, 0.15) is 11.2 Å². The van der Waals surface area contributed by atoms with Gasteiger partial charge in [-0.25, -0.2) is 0 Å². The standard InChI is InChI=1S/C44H27NOS/c1-2-8-35-29(7-1)13-14-30-17-21-33(26-39(30)35)45(34-22-23-37-36-9-3-5-11-41(36)46-42(37)27-34)32-19-15-28(16-20-32)31-18-24-44-40(25-31)38-10-4-6-12-43(38)47-44/h1-27H. The second-order valence-electron chi connectivity index (χ2n) is 12.2. The Balaban J connectivity index is 1.13. The molecule has 0 radical (unpaired) electrons. The Kier molecular flexibility index (Phi) is 5.78. The number of fused-ring (bicyclic) bond motifs is 9. The van der Waals surface area contributed by atoms with E-state index in [-0.39, 0.29) is 0 Å². The molecule has 0 unspecified atom stereocenters. The highest BCUT2D eigenvalue weighted by Gasteiger charge is 2.17. The van der Waals surface area contributed by atoms with Gasteiger partial charge in [0.05, 0.1) is 0 Å². The lowest BCUT2D eigenvalue weighted by Gasteiger charge is -2.26. The van der Waals surface area contributed by atoms with Crippen molar-refractivity contribution in [2.75, 3.05) is 4.90 Å². The zero-order valence-electron chi connectivity index (χ0n) is 25.4. The highest BCUT2D eigenvalue weighted by Crippen LogP contribution is 2.42. The molecule has 0 N–H and O–H groups in total. The molecule has 0 bridgehead atoms. The summed E-state index contributed by atoms with van der Waals surface area (Å²) in [5.41, 5.74) is 7.45. The van der Waals surface area contributed by atoms with E-state index in [4.69, 9.17) is 4.42 Å². The maximum absolute atomic E-state index is 6.35. The highest BCUT2D eigenvalue weighted by molar-refractivity contribution is 7.25.